The van der Waals surface area contributed by atoms with Gasteiger partial charge in [0, 0.05) is 0 Å². The van der Waals surface area contributed by atoms with Crippen molar-refractivity contribution in [1.82, 2.24) is 0 Å². The van der Waals surface area contributed by atoms with Crippen molar-refractivity contribution >= 4 is 20.0 Å². The molecule has 0 N–H and O–H groups in total. The summed E-state index contributed by atoms with van der Waals surface area (Å²) in [4.78, 5) is 23.4. The Labute approximate surface area is 130 Å². The number of hydrogen-bond donors (Lipinski definition) is 0. The molecule has 0 aliphatic rings. The van der Waals surface area contributed by atoms with Gasteiger partial charge in [-0.05, 0) is 23.6 Å². The van der Waals surface area contributed by atoms with Crippen LogP contribution in [0.25, 0.3) is 0 Å². The molecular weight excluding hydrogens is 340 g/mol. The number of benzene rings is 1. The molecule has 1 rings (SSSR count). The highest BCUT2D eigenvalue weighted by Crippen LogP contribution is 2.35. The normalized spacial score (nSPS) is 13.2. The molecule has 0 radical (unpaired) electrons. The summed E-state index contributed by atoms with van der Waals surface area (Å²) >= 11 is 0. The van der Waals surface area contributed by atoms with E-state index in [0.29, 0.717) is 6.07 Å². The largest absolute Gasteiger partial charge is 0.566 e. The number of rotatable bonds is 6. The number of ether oxygens (including phenoxy) is 2. The molecule has 0 bridgehead atoms. The van der Waals surface area contributed by atoms with Crippen LogP contribution in [0.3, 0.4) is 0 Å². The van der Waals surface area contributed by atoms with Crippen LogP contribution < -0.4 is 0 Å². The van der Waals surface area contributed by atoms with Crippen LogP contribution in [0.2, 0.25) is 0 Å². The van der Waals surface area contributed by atoms with E-state index in [0.717, 1.165) is 19.2 Å². The van der Waals surface area contributed by atoms with E-state index in [1.807, 2.05) is 0 Å². The summed E-state index contributed by atoms with van der Waals surface area (Å²) in [6, 6.07) is 3.86. The molecule has 6 nitrogen and oxygen atoms in total. The molecule has 0 saturated heterocycles. The predicted molar refractivity (Wildman–Crippen MR) is 71.9 cm³/mol. The van der Waals surface area contributed by atoms with E-state index >= 15 is 0 Å². The minimum absolute atomic E-state index is 0.0562. The van der Waals surface area contributed by atoms with Crippen molar-refractivity contribution in [3.05, 3.63) is 35.4 Å². The molecule has 0 aliphatic heterocycles. The summed E-state index contributed by atoms with van der Waals surface area (Å²) in [5, 5.41) is 0. The quantitative estimate of drug-likeness (QED) is 0.577. The average molecular weight is 353 g/mol. The first-order valence-electron chi connectivity index (χ1n) is 6.26. The smallest absolute Gasteiger partial charge is 0.463 e. The third kappa shape index (κ3) is 5.01. The molecule has 0 amide bonds. The maximum atomic E-state index is 12.9. The topological polar surface area (TPSA) is 78.9 Å². The third-order valence-corrected chi connectivity index (χ3v) is 3.73. The molecule has 2 atom stereocenters. The zero-order valence-electron chi connectivity index (χ0n) is 12.1. The van der Waals surface area contributed by atoms with E-state index in [1.54, 1.807) is 0 Å². The number of halogens is 3. The van der Waals surface area contributed by atoms with Crippen molar-refractivity contribution in [1.29, 1.82) is 0 Å². The number of hydrogen-bond acceptors (Lipinski definition) is 6. The second kappa shape index (κ2) is 8.03. The molecule has 126 valence electrons. The highest BCUT2D eigenvalue weighted by molar-refractivity contribution is 7.41. The van der Waals surface area contributed by atoms with Crippen LogP contribution in [-0.4, -0.2) is 31.5 Å². The van der Waals surface area contributed by atoms with Gasteiger partial charge in [-0.2, -0.15) is 13.2 Å². The first-order valence-corrected chi connectivity index (χ1v) is 7.51. The van der Waals surface area contributed by atoms with E-state index in [2.05, 4.69) is 14.0 Å². The molecule has 0 saturated carbocycles. The Bertz CT molecular complexity index is 602. The Morgan fingerprint density at radius 3 is 2.39 bits per heavy atom. The summed E-state index contributed by atoms with van der Waals surface area (Å²) in [5.74, 6) is -4.61. The lowest BCUT2D eigenvalue weighted by molar-refractivity contribution is -0.146. The van der Waals surface area contributed by atoms with Gasteiger partial charge < -0.3 is 9.47 Å². The van der Waals surface area contributed by atoms with Gasteiger partial charge in [0.2, 0.25) is 0 Å². The van der Waals surface area contributed by atoms with E-state index < -0.39 is 43.1 Å². The van der Waals surface area contributed by atoms with Gasteiger partial charge in [0.05, 0.1) is 24.8 Å². The summed E-state index contributed by atoms with van der Waals surface area (Å²) < 4.78 is 63.9. The number of alkyl halides is 3. The first kappa shape index (κ1) is 19.1. The molecule has 0 heterocycles. The van der Waals surface area contributed by atoms with Gasteiger partial charge in [-0.25, -0.2) is 9.59 Å². The molecule has 1 aromatic rings. The van der Waals surface area contributed by atoms with Crippen molar-refractivity contribution in [2.75, 3.05) is 13.7 Å². The van der Waals surface area contributed by atoms with E-state index in [9.17, 15) is 27.3 Å². The highest BCUT2D eigenvalue weighted by atomic mass is 31.1. The van der Waals surface area contributed by atoms with Crippen LogP contribution >= 0.6 is 8.03 Å². The van der Waals surface area contributed by atoms with E-state index in [1.165, 1.54) is 13.0 Å². The SMILES string of the molecule is CCO[P+](=O)C(OC(=O)c1ccccc1C(F)(F)F)C(=O)OC. The van der Waals surface area contributed by atoms with Crippen molar-refractivity contribution in [3.8, 4) is 0 Å². The van der Waals surface area contributed by atoms with E-state index in [-0.39, 0.29) is 6.61 Å². The highest BCUT2D eigenvalue weighted by Gasteiger charge is 2.46. The molecule has 1 aromatic carbocycles. The second-order valence-corrected chi connectivity index (χ2v) is 5.33. The lowest BCUT2D eigenvalue weighted by atomic mass is 10.1. The van der Waals surface area contributed by atoms with Gasteiger partial charge in [0.25, 0.3) is 0 Å². The summed E-state index contributed by atoms with van der Waals surface area (Å²) in [6.07, 6.45) is -4.79. The molecule has 10 heteroatoms. The van der Waals surface area contributed by atoms with Crippen LogP contribution in [0.15, 0.2) is 24.3 Å². The Hall–Kier alpha value is -1.99. The average Bonchev–Trinajstić information content (AvgIpc) is 2.51. The van der Waals surface area contributed by atoms with E-state index in [4.69, 9.17) is 0 Å². The Morgan fingerprint density at radius 2 is 1.87 bits per heavy atom. The summed E-state index contributed by atoms with van der Waals surface area (Å²) in [5.41, 5.74) is -2.05. The molecule has 0 aliphatic carbocycles. The van der Waals surface area contributed by atoms with Gasteiger partial charge in [0.1, 0.15) is 0 Å². The Kier molecular flexibility index (Phi) is 6.65. The van der Waals surface area contributed by atoms with Gasteiger partial charge in [0.15, 0.2) is 0 Å². The first-order chi connectivity index (χ1) is 10.7. The minimum atomic E-state index is -4.79. The Balaban J connectivity index is 3.09. The van der Waals surface area contributed by atoms with Crippen molar-refractivity contribution < 1.29 is 41.3 Å². The number of carbonyl (C=O) groups excluding carboxylic acids is 2. The molecule has 2 unspecified atom stereocenters. The molecule has 0 spiro atoms. The van der Waals surface area contributed by atoms with Gasteiger partial charge >= 0.3 is 32.0 Å². The van der Waals surface area contributed by atoms with Crippen LogP contribution in [0.5, 0.6) is 0 Å². The van der Waals surface area contributed by atoms with Gasteiger partial charge in [-0.1, -0.05) is 12.1 Å². The van der Waals surface area contributed by atoms with Crippen LogP contribution in [0.1, 0.15) is 22.8 Å². The number of methoxy groups -OCH3 is 1. The Morgan fingerprint density at radius 1 is 1.26 bits per heavy atom. The van der Waals surface area contributed by atoms with Gasteiger partial charge in [-0.15, -0.1) is 4.52 Å². The predicted octanol–water partition coefficient (Wildman–Crippen LogP) is 3.14. The molecule has 23 heavy (non-hydrogen) atoms. The number of esters is 2. The maximum absolute atomic E-state index is 12.9. The third-order valence-electron chi connectivity index (χ3n) is 2.52. The van der Waals surface area contributed by atoms with Crippen molar-refractivity contribution in [2.24, 2.45) is 0 Å². The monoisotopic (exact) mass is 353 g/mol. The lowest BCUT2D eigenvalue weighted by Crippen LogP contribution is -2.27. The van der Waals surface area contributed by atoms with Crippen molar-refractivity contribution in [2.45, 2.75) is 18.9 Å². The fourth-order valence-electron chi connectivity index (χ4n) is 1.55. The van der Waals surface area contributed by atoms with Crippen LogP contribution in [-0.2, 0) is 29.5 Å². The molecular formula is C13H13F3O6P+. The lowest BCUT2D eigenvalue weighted by Gasteiger charge is -2.12. The van der Waals surface area contributed by atoms with Gasteiger partial charge in [-0.3, -0.25) is 0 Å². The standard InChI is InChI=1S/C13H13F3O6P/c1-3-21-23(19)12(11(18)20-2)22-10(17)8-6-4-5-7-9(8)13(14,15)16/h4-7,12H,3H2,1-2H3/q+1. The van der Waals surface area contributed by atoms with Crippen LogP contribution in [0.4, 0.5) is 13.2 Å². The number of carbonyl (C=O) groups is 2. The zero-order chi connectivity index (χ0) is 17.6. The van der Waals surface area contributed by atoms with Crippen molar-refractivity contribution in [3.63, 3.8) is 0 Å². The fraction of sp³-hybridized carbons (Fsp3) is 0.385. The van der Waals surface area contributed by atoms with Crippen LogP contribution in [0, 0.1) is 0 Å². The maximum Gasteiger partial charge on any atom is 0.566 e. The summed E-state index contributed by atoms with van der Waals surface area (Å²) in [7, 11) is -1.85. The second-order valence-electron chi connectivity index (χ2n) is 4.03. The molecule has 0 aromatic heterocycles. The zero-order valence-corrected chi connectivity index (χ0v) is 13.0. The fourth-order valence-corrected chi connectivity index (χ4v) is 2.40. The summed E-state index contributed by atoms with van der Waals surface area (Å²) in [6.45, 7) is 1.42. The minimum Gasteiger partial charge on any atom is -0.463 e. The molecule has 0 fully saturated rings.